The number of rotatable bonds is 5. The lowest BCUT2D eigenvalue weighted by Crippen LogP contribution is -2.20. The average molecular weight is 159 g/mol. The maximum absolute atomic E-state index is 10.8. The van der Waals surface area contributed by atoms with E-state index in [0.29, 0.717) is 13.0 Å². The minimum atomic E-state index is -0.806. The van der Waals surface area contributed by atoms with E-state index in [1.807, 2.05) is 6.92 Å². The van der Waals surface area contributed by atoms with E-state index in [9.17, 15) is 9.70 Å². The first-order chi connectivity index (χ1) is 5.26. The molecule has 0 aromatic rings. The normalized spacial score (nSPS) is 12.2. The number of ether oxygens (including phenoxy) is 1. The van der Waals surface area contributed by atoms with Gasteiger partial charge in [-0.15, -0.1) is 4.91 Å². The van der Waals surface area contributed by atoms with E-state index in [1.165, 1.54) is 0 Å². The van der Waals surface area contributed by atoms with Crippen LogP contribution < -0.4 is 0 Å². The maximum atomic E-state index is 10.8. The summed E-state index contributed by atoms with van der Waals surface area (Å²) in [7, 11) is 0. The van der Waals surface area contributed by atoms with E-state index in [4.69, 9.17) is 0 Å². The van der Waals surface area contributed by atoms with Gasteiger partial charge in [-0.2, -0.15) is 0 Å². The van der Waals surface area contributed by atoms with Gasteiger partial charge in [0.05, 0.1) is 6.61 Å². The van der Waals surface area contributed by atoms with E-state index in [2.05, 4.69) is 9.91 Å². The molecule has 0 spiro atoms. The Morgan fingerprint density at radius 1 is 1.55 bits per heavy atom. The van der Waals surface area contributed by atoms with Gasteiger partial charge in [-0.25, -0.2) is 4.79 Å². The lowest BCUT2D eigenvalue weighted by Gasteiger charge is -2.05. The molecule has 64 valence electrons. The second-order valence-electron chi connectivity index (χ2n) is 2.16. The number of esters is 1. The van der Waals surface area contributed by atoms with Crippen LogP contribution in [0.25, 0.3) is 0 Å². The summed E-state index contributed by atoms with van der Waals surface area (Å²) >= 11 is 0. The highest BCUT2D eigenvalue weighted by Gasteiger charge is 2.18. The molecular weight excluding hydrogens is 146 g/mol. The molecule has 0 radical (unpaired) electrons. The predicted octanol–water partition coefficient (Wildman–Crippen LogP) is 1.48. The average Bonchev–Trinajstić information content (AvgIpc) is 2.00. The fourth-order valence-corrected chi connectivity index (χ4v) is 0.725. The Morgan fingerprint density at radius 2 is 2.18 bits per heavy atom. The standard InChI is InChI=1S/C7H13NO3/c1-3-5-6(8-10)7(9)11-4-2/h6H,3-5H2,1-2H3. The molecule has 0 fully saturated rings. The molecule has 0 aliphatic carbocycles. The Kier molecular flexibility index (Phi) is 5.33. The van der Waals surface area contributed by atoms with Crippen molar-refractivity contribution in [3.05, 3.63) is 4.91 Å². The molecule has 0 heterocycles. The lowest BCUT2D eigenvalue weighted by molar-refractivity contribution is -0.144. The van der Waals surface area contributed by atoms with Crippen molar-refractivity contribution >= 4 is 5.97 Å². The third-order valence-corrected chi connectivity index (χ3v) is 1.25. The van der Waals surface area contributed by atoms with Gasteiger partial charge in [-0.1, -0.05) is 18.5 Å². The summed E-state index contributed by atoms with van der Waals surface area (Å²) in [5.41, 5.74) is 0. The fraction of sp³-hybridized carbons (Fsp3) is 0.857. The zero-order chi connectivity index (χ0) is 8.69. The van der Waals surface area contributed by atoms with Crippen molar-refractivity contribution in [2.24, 2.45) is 5.18 Å². The molecule has 0 aromatic carbocycles. The van der Waals surface area contributed by atoms with Crippen LogP contribution >= 0.6 is 0 Å². The van der Waals surface area contributed by atoms with Crippen LogP contribution in [0, 0.1) is 4.91 Å². The zero-order valence-electron chi connectivity index (χ0n) is 6.87. The molecule has 0 rings (SSSR count). The topological polar surface area (TPSA) is 55.7 Å². The summed E-state index contributed by atoms with van der Waals surface area (Å²) in [5, 5.41) is 2.67. The molecule has 0 saturated heterocycles. The molecule has 0 aliphatic heterocycles. The van der Waals surface area contributed by atoms with Gasteiger partial charge in [0, 0.05) is 0 Å². The molecule has 4 nitrogen and oxygen atoms in total. The van der Waals surface area contributed by atoms with E-state index < -0.39 is 12.0 Å². The molecule has 0 bridgehead atoms. The van der Waals surface area contributed by atoms with Gasteiger partial charge in [0.15, 0.2) is 6.04 Å². The highest BCUT2D eigenvalue weighted by molar-refractivity contribution is 5.75. The van der Waals surface area contributed by atoms with Gasteiger partial charge in [0.1, 0.15) is 0 Å². The van der Waals surface area contributed by atoms with Gasteiger partial charge >= 0.3 is 5.97 Å². The minimum Gasteiger partial charge on any atom is -0.464 e. The van der Waals surface area contributed by atoms with Crippen LogP contribution in [0.15, 0.2) is 5.18 Å². The van der Waals surface area contributed by atoms with Crippen LogP contribution in [0.2, 0.25) is 0 Å². The number of hydrogen-bond donors (Lipinski definition) is 0. The summed E-state index contributed by atoms with van der Waals surface area (Å²) in [6.45, 7) is 3.89. The first kappa shape index (κ1) is 10.1. The monoisotopic (exact) mass is 159 g/mol. The SMILES string of the molecule is CCCC(N=O)C(=O)OCC. The smallest absolute Gasteiger partial charge is 0.334 e. The van der Waals surface area contributed by atoms with Crippen molar-refractivity contribution in [2.75, 3.05) is 6.61 Å². The second-order valence-corrected chi connectivity index (χ2v) is 2.16. The van der Waals surface area contributed by atoms with Gasteiger partial charge in [0.25, 0.3) is 0 Å². The van der Waals surface area contributed by atoms with Gasteiger partial charge in [0.2, 0.25) is 0 Å². The number of carbonyl (C=O) groups excluding carboxylic acids is 1. The fourth-order valence-electron chi connectivity index (χ4n) is 0.725. The summed E-state index contributed by atoms with van der Waals surface area (Å²) in [5.74, 6) is -0.510. The van der Waals surface area contributed by atoms with Gasteiger partial charge < -0.3 is 4.74 Å². The molecule has 0 saturated carbocycles. The molecule has 4 heteroatoms. The van der Waals surface area contributed by atoms with Crippen molar-refractivity contribution < 1.29 is 9.53 Å². The quantitative estimate of drug-likeness (QED) is 0.451. The maximum Gasteiger partial charge on any atom is 0.334 e. The molecule has 0 N–H and O–H groups in total. The number of hydrogen-bond acceptors (Lipinski definition) is 4. The largest absolute Gasteiger partial charge is 0.464 e. The van der Waals surface area contributed by atoms with E-state index in [1.54, 1.807) is 6.92 Å². The lowest BCUT2D eigenvalue weighted by atomic mass is 10.2. The first-order valence-electron chi connectivity index (χ1n) is 3.75. The minimum absolute atomic E-state index is 0.300. The Morgan fingerprint density at radius 3 is 2.55 bits per heavy atom. The summed E-state index contributed by atoms with van der Waals surface area (Å²) in [4.78, 5) is 20.9. The molecule has 11 heavy (non-hydrogen) atoms. The predicted molar refractivity (Wildman–Crippen MR) is 41.1 cm³/mol. The third-order valence-electron chi connectivity index (χ3n) is 1.25. The van der Waals surface area contributed by atoms with E-state index >= 15 is 0 Å². The van der Waals surface area contributed by atoms with Crippen LogP contribution in [0.4, 0.5) is 0 Å². The number of nitroso groups, excluding NO2 is 1. The molecule has 0 amide bonds. The Bertz CT molecular complexity index is 136. The van der Waals surface area contributed by atoms with Gasteiger partial charge in [-0.05, 0) is 13.3 Å². The highest BCUT2D eigenvalue weighted by atomic mass is 16.5. The van der Waals surface area contributed by atoms with Gasteiger partial charge in [-0.3, -0.25) is 0 Å². The summed E-state index contributed by atoms with van der Waals surface area (Å²) < 4.78 is 4.61. The molecule has 0 aromatic heterocycles. The Balaban J connectivity index is 3.81. The van der Waals surface area contributed by atoms with Crippen LogP contribution in [0.1, 0.15) is 26.7 Å². The number of carbonyl (C=O) groups is 1. The molecule has 1 atom stereocenters. The summed E-state index contributed by atoms with van der Waals surface area (Å²) in [6, 6.07) is -0.806. The van der Waals surface area contributed by atoms with Crippen LogP contribution in [-0.4, -0.2) is 18.6 Å². The van der Waals surface area contributed by atoms with Crippen molar-refractivity contribution in [1.82, 2.24) is 0 Å². The molecular formula is C7H13NO3. The molecule has 0 aliphatic rings. The zero-order valence-corrected chi connectivity index (χ0v) is 6.87. The number of nitrogens with zero attached hydrogens (tertiary/aromatic N) is 1. The Labute approximate surface area is 65.9 Å². The van der Waals surface area contributed by atoms with E-state index in [-0.39, 0.29) is 0 Å². The Hall–Kier alpha value is -0.930. The van der Waals surface area contributed by atoms with Crippen molar-refractivity contribution in [2.45, 2.75) is 32.7 Å². The van der Waals surface area contributed by atoms with E-state index in [0.717, 1.165) is 6.42 Å². The third kappa shape index (κ3) is 3.70. The van der Waals surface area contributed by atoms with Crippen LogP contribution in [0.5, 0.6) is 0 Å². The van der Waals surface area contributed by atoms with Crippen molar-refractivity contribution in [1.29, 1.82) is 0 Å². The summed E-state index contributed by atoms with van der Waals surface area (Å²) in [6.07, 6.45) is 1.23. The molecule has 1 unspecified atom stereocenters. The van der Waals surface area contributed by atoms with Crippen molar-refractivity contribution in [3.63, 3.8) is 0 Å². The first-order valence-corrected chi connectivity index (χ1v) is 3.75. The van der Waals surface area contributed by atoms with Crippen LogP contribution in [-0.2, 0) is 9.53 Å². The second kappa shape index (κ2) is 5.82. The highest BCUT2D eigenvalue weighted by Crippen LogP contribution is 2.03. The van der Waals surface area contributed by atoms with Crippen LogP contribution in [0.3, 0.4) is 0 Å². The van der Waals surface area contributed by atoms with Crippen molar-refractivity contribution in [3.8, 4) is 0 Å².